The van der Waals surface area contributed by atoms with Crippen molar-refractivity contribution in [2.24, 2.45) is 0 Å². The predicted octanol–water partition coefficient (Wildman–Crippen LogP) is 4.44. The first kappa shape index (κ1) is 12.2. The van der Waals surface area contributed by atoms with Crippen molar-refractivity contribution in [3.05, 3.63) is 64.7 Å². The van der Waals surface area contributed by atoms with Crippen molar-refractivity contribution < 1.29 is 4.79 Å². The molecule has 0 N–H and O–H groups in total. The van der Waals surface area contributed by atoms with Gasteiger partial charge in [0.2, 0.25) is 0 Å². The van der Waals surface area contributed by atoms with Crippen LogP contribution in [0.5, 0.6) is 0 Å². The van der Waals surface area contributed by atoms with Gasteiger partial charge in [0, 0.05) is 21.2 Å². The summed E-state index contributed by atoms with van der Waals surface area (Å²) in [5, 5.41) is 0.784. The third kappa shape index (κ3) is 3.35. The number of hydrogen-bond acceptors (Lipinski definition) is 2. The first-order valence-corrected chi connectivity index (χ1v) is 6.57. The maximum Gasteiger partial charge on any atom is 0.150 e. The number of carbonyl (C=O) groups is 1. The molecule has 2 rings (SSSR count). The van der Waals surface area contributed by atoms with Crippen molar-refractivity contribution >= 4 is 29.6 Å². The first-order chi connectivity index (χ1) is 8.29. The lowest BCUT2D eigenvalue weighted by molar-refractivity contribution is 0.112. The zero-order valence-corrected chi connectivity index (χ0v) is 10.7. The van der Waals surface area contributed by atoms with Gasteiger partial charge in [-0.05, 0) is 23.8 Å². The Morgan fingerprint density at radius 3 is 2.71 bits per heavy atom. The Labute approximate surface area is 110 Å². The van der Waals surface area contributed by atoms with Gasteiger partial charge in [-0.1, -0.05) is 41.9 Å². The normalized spacial score (nSPS) is 10.2. The summed E-state index contributed by atoms with van der Waals surface area (Å²) in [6.07, 6.45) is 0.861. The molecule has 0 amide bonds. The fraction of sp³-hybridized carbons (Fsp3) is 0.0714. The second-order valence-electron chi connectivity index (χ2n) is 3.57. The molecule has 17 heavy (non-hydrogen) atoms. The van der Waals surface area contributed by atoms with Gasteiger partial charge < -0.3 is 0 Å². The summed E-state index contributed by atoms with van der Waals surface area (Å²) in [7, 11) is 0. The second kappa shape index (κ2) is 5.89. The third-order valence-corrected chi connectivity index (χ3v) is 3.76. The number of carbonyl (C=O) groups excluding carboxylic acids is 1. The second-order valence-corrected chi connectivity index (χ2v) is 5.03. The summed E-state index contributed by atoms with van der Waals surface area (Å²) >= 11 is 7.75. The number of aldehydes is 1. The fourth-order valence-electron chi connectivity index (χ4n) is 1.45. The highest BCUT2D eigenvalue weighted by Gasteiger charge is 2.01. The molecule has 0 unspecified atom stereocenters. The molecule has 86 valence electrons. The first-order valence-electron chi connectivity index (χ1n) is 5.21. The lowest BCUT2D eigenvalue weighted by atomic mass is 10.2. The number of thioether (sulfide) groups is 1. The topological polar surface area (TPSA) is 17.1 Å². The summed E-state index contributed by atoms with van der Waals surface area (Å²) in [4.78, 5) is 11.7. The smallest absolute Gasteiger partial charge is 0.150 e. The van der Waals surface area contributed by atoms with E-state index in [1.807, 2.05) is 42.5 Å². The van der Waals surface area contributed by atoms with Crippen LogP contribution in [0.3, 0.4) is 0 Å². The van der Waals surface area contributed by atoms with Crippen LogP contribution in [0.4, 0.5) is 0 Å². The molecule has 1 nitrogen and oxygen atoms in total. The Morgan fingerprint density at radius 2 is 1.94 bits per heavy atom. The van der Waals surface area contributed by atoms with Crippen molar-refractivity contribution in [2.75, 3.05) is 0 Å². The van der Waals surface area contributed by atoms with E-state index in [0.717, 1.165) is 27.5 Å². The third-order valence-electron chi connectivity index (χ3n) is 2.35. The minimum Gasteiger partial charge on any atom is -0.298 e. The number of benzene rings is 2. The lowest BCUT2D eigenvalue weighted by Crippen LogP contribution is -1.83. The molecule has 0 saturated heterocycles. The number of rotatable bonds is 4. The quantitative estimate of drug-likeness (QED) is 0.598. The average molecular weight is 263 g/mol. The maximum atomic E-state index is 10.7. The Morgan fingerprint density at radius 1 is 1.12 bits per heavy atom. The van der Waals surface area contributed by atoms with E-state index in [4.69, 9.17) is 11.6 Å². The Hall–Kier alpha value is -1.25. The van der Waals surface area contributed by atoms with Gasteiger partial charge in [0.05, 0.1) is 0 Å². The summed E-state index contributed by atoms with van der Waals surface area (Å²) in [5.74, 6) is 0.808. The van der Waals surface area contributed by atoms with Crippen LogP contribution in [0, 0.1) is 0 Å². The summed E-state index contributed by atoms with van der Waals surface area (Å²) in [6.45, 7) is 0. The zero-order chi connectivity index (χ0) is 12.1. The highest BCUT2D eigenvalue weighted by atomic mass is 35.5. The molecule has 0 aliphatic heterocycles. The number of halogens is 1. The van der Waals surface area contributed by atoms with E-state index >= 15 is 0 Å². The molecule has 0 atom stereocenters. The molecule has 0 aliphatic carbocycles. The molecule has 0 heterocycles. The van der Waals surface area contributed by atoms with Gasteiger partial charge in [-0.2, -0.15) is 0 Å². The maximum absolute atomic E-state index is 10.7. The Bertz CT molecular complexity index is 525. The number of hydrogen-bond donors (Lipinski definition) is 0. The van der Waals surface area contributed by atoms with Crippen LogP contribution in [-0.4, -0.2) is 6.29 Å². The molecule has 0 aromatic heterocycles. The van der Waals surface area contributed by atoms with Crippen molar-refractivity contribution in [3.8, 4) is 0 Å². The van der Waals surface area contributed by atoms with E-state index in [2.05, 4.69) is 0 Å². The van der Waals surface area contributed by atoms with E-state index < -0.39 is 0 Å². The van der Waals surface area contributed by atoms with E-state index in [1.165, 1.54) is 0 Å². The average Bonchev–Trinajstić information content (AvgIpc) is 2.38. The van der Waals surface area contributed by atoms with Gasteiger partial charge in [-0.3, -0.25) is 4.79 Å². The lowest BCUT2D eigenvalue weighted by Gasteiger charge is -2.04. The highest BCUT2D eigenvalue weighted by Crippen LogP contribution is 2.26. The predicted molar refractivity (Wildman–Crippen MR) is 72.8 cm³/mol. The van der Waals surface area contributed by atoms with E-state index in [0.29, 0.717) is 5.56 Å². The van der Waals surface area contributed by atoms with E-state index in [1.54, 1.807) is 17.8 Å². The van der Waals surface area contributed by atoms with Gasteiger partial charge in [-0.15, -0.1) is 11.8 Å². The van der Waals surface area contributed by atoms with Crippen LogP contribution in [0.1, 0.15) is 15.9 Å². The Kier molecular flexibility index (Phi) is 4.24. The zero-order valence-electron chi connectivity index (χ0n) is 9.10. The van der Waals surface area contributed by atoms with Gasteiger partial charge in [-0.25, -0.2) is 0 Å². The molecular formula is C14H11ClOS. The minimum atomic E-state index is 0.703. The van der Waals surface area contributed by atoms with Crippen LogP contribution >= 0.6 is 23.4 Å². The summed E-state index contributed by atoms with van der Waals surface area (Å²) in [5.41, 5.74) is 1.81. The monoisotopic (exact) mass is 262 g/mol. The van der Waals surface area contributed by atoms with Crippen molar-refractivity contribution in [1.82, 2.24) is 0 Å². The van der Waals surface area contributed by atoms with Crippen LogP contribution in [-0.2, 0) is 5.75 Å². The van der Waals surface area contributed by atoms with Gasteiger partial charge in [0.1, 0.15) is 6.29 Å². The molecule has 0 fully saturated rings. The largest absolute Gasteiger partial charge is 0.298 e. The molecular weight excluding hydrogens is 252 g/mol. The van der Waals surface area contributed by atoms with Crippen molar-refractivity contribution in [2.45, 2.75) is 10.6 Å². The van der Waals surface area contributed by atoms with Crippen molar-refractivity contribution in [3.63, 3.8) is 0 Å². The molecule has 0 bridgehead atoms. The van der Waals surface area contributed by atoms with Crippen LogP contribution in [0.2, 0.25) is 5.02 Å². The van der Waals surface area contributed by atoms with E-state index in [9.17, 15) is 4.79 Å². The van der Waals surface area contributed by atoms with Crippen LogP contribution in [0.15, 0.2) is 53.4 Å². The van der Waals surface area contributed by atoms with Crippen LogP contribution in [0.25, 0.3) is 0 Å². The Balaban J connectivity index is 2.07. The fourth-order valence-corrected chi connectivity index (χ4v) is 2.70. The van der Waals surface area contributed by atoms with Gasteiger partial charge >= 0.3 is 0 Å². The molecule has 0 spiro atoms. The molecule has 2 aromatic rings. The van der Waals surface area contributed by atoms with Crippen LogP contribution < -0.4 is 0 Å². The summed E-state index contributed by atoms with van der Waals surface area (Å²) in [6, 6.07) is 15.4. The SMILES string of the molecule is O=Cc1cccc(SCc2ccccc2Cl)c1. The summed E-state index contributed by atoms with van der Waals surface area (Å²) < 4.78 is 0. The van der Waals surface area contributed by atoms with Gasteiger partial charge in [0.15, 0.2) is 0 Å². The molecule has 3 heteroatoms. The van der Waals surface area contributed by atoms with E-state index in [-0.39, 0.29) is 0 Å². The van der Waals surface area contributed by atoms with Gasteiger partial charge in [0.25, 0.3) is 0 Å². The van der Waals surface area contributed by atoms with Crippen molar-refractivity contribution in [1.29, 1.82) is 0 Å². The molecule has 0 saturated carbocycles. The molecule has 0 radical (unpaired) electrons. The highest BCUT2D eigenvalue weighted by molar-refractivity contribution is 7.98. The standard InChI is InChI=1S/C14H11ClOS/c15-14-7-2-1-5-12(14)10-17-13-6-3-4-11(8-13)9-16/h1-9H,10H2. The molecule has 2 aromatic carbocycles. The molecule has 0 aliphatic rings. The minimum absolute atomic E-state index is 0.703.